The summed E-state index contributed by atoms with van der Waals surface area (Å²) in [5, 5.41) is 6.25. The Morgan fingerprint density at radius 1 is 1.42 bits per heavy atom. The highest BCUT2D eigenvalue weighted by Crippen LogP contribution is 2.72. The van der Waals surface area contributed by atoms with Gasteiger partial charge < -0.3 is 4.74 Å². The Morgan fingerprint density at radius 2 is 2.16 bits per heavy atom. The molecular formula is C14H13ClN2O2. The number of carbonyl (C=O) groups is 1. The smallest absolute Gasteiger partial charge is 0.312 e. The number of esters is 1. The molecule has 3 aliphatic carbocycles. The van der Waals surface area contributed by atoms with E-state index in [2.05, 4.69) is 9.78 Å². The van der Waals surface area contributed by atoms with Gasteiger partial charge in [-0.2, -0.15) is 5.10 Å². The Hall–Kier alpha value is -1.55. The van der Waals surface area contributed by atoms with Crippen LogP contribution in [0, 0.1) is 5.41 Å². The molecule has 3 fully saturated rings. The van der Waals surface area contributed by atoms with Crippen molar-refractivity contribution in [3.05, 3.63) is 29.4 Å². The van der Waals surface area contributed by atoms with E-state index in [1.165, 1.54) is 7.11 Å². The van der Waals surface area contributed by atoms with E-state index in [0.29, 0.717) is 0 Å². The third kappa shape index (κ3) is 1.25. The van der Waals surface area contributed by atoms with Gasteiger partial charge in [-0.3, -0.25) is 9.48 Å². The number of hydrogen-bond acceptors (Lipinski definition) is 3. The van der Waals surface area contributed by atoms with Crippen LogP contribution in [-0.2, 0) is 15.1 Å². The number of rotatable bonds is 2. The molecule has 1 aromatic heterocycles. The second kappa shape index (κ2) is 3.31. The lowest BCUT2D eigenvalue weighted by Gasteiger charge is -2.68. The molecule has 5 heteroatoms. The lowest BCUT2D eigenvalue weighted by molar-refractivity contribution is -0.218. The van der Waals surface area contributed by atoms with Gasteiger partial charge >= 0.3 is 5.97 Å². The molecular weight excluding hydrogens is 264 g/mol. The Kier molecular flexibility index (Phi) is 1.97. The first-order chi connectivity index (χ1) is 9.08. The Bertz CT molecular complexity index is 687. The first-order valence-corrected chi connectivity index (χ1v) is 6.69. The summed E-state index contributed by atoms with van der Waals surface area (Å²) in [4.78, 5) is 11.7. The fraction of sp³-hybridized carbons (Fsp3) is 0.429. The summed E-state index contributed by atoms with van der Waals surface area (Å²) < 4.78 is 6.93. The van der Waals surface area contributed by atoms with E-state index in [1.54, 1.807) is 0 Å². The lowest BCUT2D eigenvalue weighted by atomic mass is 9.39. The molecule has 3 aliphatic rings. The number of carbonyl (C=O) groups excluding carboxylic acids is 1. The summed E-state index contributed by atoms with van der Waals surface area (Å²) in [5.74, 6) is -0.0751. The van der Waals surface area contributed by atoms with Crippen molar-refractivity contribution < 1.29 is 9.53 Å². The maximum absolute atomic E-state index is 11.7. The minimum absolute atomic E-state index is 0.0176. The van der Waals surface area contributed by atoms with Gasteiger partial charge in [-0.15, -0.1) is 0 Å². The molecule has 5 rings (SSSR count). The molecule has 0 amide bonds. The van der Waals surface area contributed by atoms with Gasteiger partial charge in [0.25, 0.3) is 0 Å². The van der Waals surface area contributed by atoms with Crippen LogP contribution in [0.25, 0.3) is 10.9 Å². The Balaban J connectivity index is 1.70. The van der Waals surface area contributed by atoms with Gasteiger partial charge in [-0.1, -0.05) is 11.6 Å². The topological polar surface area (TPSA) is 44.1 Å². The summed E-state index contributed by atoms with van der Waals surface area (Å²) in [6.07, 6.45) is 4.36. The molecule has 0 unspecified atom stereocenters. The number of aromatic nitrogens is 2. The van der Waals surface area contributed by atoms with Crippen molar-refractivity contribution >= 4 is 28.5 Å². The van der Waals surface area contributed by atoms with E-state index in [0.717, 1.165) is 35.2 Å². The molecule has 0 aliphatic heterocycles. The van der Waals surface area contributed by atoms with Crippen molar-refractivity contribution in [2.75, 3.05) is 7.11 Å². The van der Waals surface area contributed by atoms with Crippen LogP contribution >= 0.6 is 11.6 Å². The first-order valence-electron chi connectivity index (χ1n) is 6.31. The highest BCUT2D eigenvalue weighted by molar-refractivity contribution is 6.31. The number of ether oxygens (including phenoxy) is 1. The van der Waals surface area contributed by atoms with E-state index in [-0.39, 0.29) is 16.9 Å². The molecule has 19 heavy (non-hydrogen) atoms. The third-order valence-corrected chi connectivity index (χ3v) is 4.84. The van der Waals surface area contributed by atoms with E-state index in [4.69, 9.17) is 16.3 Å². The van der Waals surface area contributed by atoms with Gasteiger partial charge in [0, 0.05) is 10.4 Å². The van der Waals surface area contributed by atoms with Gasteiger partial charge in [-0.25, -0.2) is 0 Å². The second-order valence-corrected chi connectivity index (χ2v) is 6.22. The molecule has 1 aromatic carbocycles. The van der Waals surface area contributed by atoms with Crippen molar-refractivity contribution in [3.8, 4) is 0 Å². The number of methoxy groups -OCH3 is 1. The van der Waals surface area contributed by atoms with Crippen molar-refractivity contribution in [1.29, 1.82) is 0 Å². The van der Waals surface area contributed by atoms with E-state index in [9.17, 15) is 4.79 Å². The standard InChI is InChI=1S/C14H13ClN2O2/c1-19-12(18)13-6-14(7-13,8-13)17-11-3-2-10(15)4-9(11)5-16-17/h2-5H,6-8H2,1H3. The SMILES string of the molecule is COC(=O)C12CC(n3ncc4cc(Cl)ccc43)(C1)C2. The first kappa shape index (κ1) is 11.3. The molecule has 2 bridgehead atoms. The summed E-state index contributed by atoms with van der Waals surface area (Å²) >= 11 is 5.98. The van der Waals surface area contributed by atoms with Gasteiger partial charge in [0.2, 0.25) is 0 Å². The van der Waals surface area contributed by atoms with Crippen LogP contribution in [0.3, 0.4) is 0 Å². The van der Waals surface area contributed by atoms with Crippen molar-refractivity contribution in [2.45, 2.75) is 24.8 Å². The highest BCUT2D eigenvalue weighted by Gasteiger charge is 2.74. The maximum atomic E-state index is 11.7. The van der Waals surface area contributed by atoms with Gasteiger partial charge in [0.1, 0.15) is 0 Å². The molecule has 0 atom stereocenters. The van der Waals surface area contributed by atoms with Crippen molar-refractivity contribution in [1.82, 2.24) is 9.78 Å². The quantitative estimate of drug-likeness (QED) is 0.792. The van der Waals surface area contributed by atoms with Gasteiger partial charge in [0.05, 0.1) is 29.8 Å². The summed E-state index contributed by atoms with van der Waals surface area (Å²) in [7, 11) is 1.46. The number of nitrogens with zero attached hydrogens (tertiary/aromatic N) is 2. The van der Waals surface area contributed by atoms with E-state index < -0.39 is 0 Å². The number of halogens is 1. The summed E-state index contributed by atoms with van der Waals surface area (Å²) in [5.41, 5.74) is 0.867. The van der Waals surface area contributed by atoms with Crippen LogP contribution in [0.4, 0.5) is 0 Å². The molecule has 98 valence electrons. The predicted octanol–water partition coefficient (Wildman–Crippen LogP) is 2.74. The van der Waals surface area contributed by atoms with Crippen molar-refractivity contribution in [3.63, 3.8) is 0 Å². The molecule has 0 radical (unpaired) electrons. The minimum Gasteiger partial charge on any atom is -0.469 e. The monoisotopic (exact) mass is 276 g/mol. The molecule has 0 saturated heterocycles. The number of hydrogen-bond donors (Lipinski definition) is 0. The molecule has 3 saturated carbocycles. The highest BCUT2D eigenvalue weighted by atomic mass is 35.5. The third-order valence-electron chi connectivity index (χ3n) is 4.60. The minimum atomic E-state index is -0.237. The average Bonchev–Trinajstić information content (AvgIpc) is 2.68. The van der Waals surface area contributed by atoms with Gasteiger partial charge in [0.15, 0.2) is 0 Å². The maximum Gasteiger partial charge on any atom is 0.312 e. The molecule has 0 N–H and O–H groups in total. The van der Waals surface area contributed by atoms with Crippen molar-refractivity contribution in [2.24, 2.45) is 5.41 Å². The zero-order chi connectivity index (χ0) is 13.3. The average molecular weight is 277 g/mol. The van der Waals surface area contributed by atoms with Crippen LogP contribution < -0.4 is 0 Å². The second-order valence-electron chi connectivity index (χ2n) is 5.79. The largest absolute Gasteiger partial charge is 0.469 e. The Labute approximate surface area is 115 Å². The molecule has 4 nitrogen and oxygen atoms in total. The van der Waals surface area contributed by atoms with E-state index in [1.807, 2.05) is 24.4 Å². The zero-order valence-electron chi connectivity index (χ0n) is 10.5. The zero-order valence-corrected chi connectivity index (χ0v) is 11.3. The predicted molar refractivity (Wildman–Crippen MR) is 71.0 cm³/mol. The normalized spacial score (nSPS) is 31.7. The molecule has 1 heterocycles. The molecule has 2 aromatic rings. The molecule has 0 spiro atoms. The fourth-order valence-corrected chi connectivity index (χ4v) is 3.95. The van der Waals surface area contributed by atoms with Crippen LogP contribution in [0.1, 0.15) is 19.3 Å². The van der Waals surface area contributed by atoms with Gasteiger partial charge in [-0.05, 0) is 37.5 Å². The van der Waals surface area contributed by atoms with Crippen LogP contribution in [-0.4, -0.2) is 22.9 Å². The number of benzene rings is 1. The summed E-state index contributed by atoms with van der Waals surface area (Å²) in [6, 6.07) is 5.79. The van der Waals surface area contributed by atoms with Crippen LogP contribution in [0.15, 0.2) is 24.4 Å². The Morgan fingerprint density at radius 3 is 2.84 bits per heavy atom. The summed E-state index contributed by atoms with van der Waals surface area (Å²) in [6.45, 7) is 0. The fourth-order valence-electron chi connectivity index (χ4n) is 3.77. The van der Waals surface area contributed by atoms with E-state index >= 15 is 0 Å². The van der Waals surface area contributed by atoms with Crippen LogP contribution in [0.2, 0.25) is 5.02 Å². The van der Waals surface area contributed by atoms with Crippen LogP contribution in [0.5, 0.6) is 0 Å². The number of fused-ring (bicyclic) bond motifs is 1. The lowest BCUT2D eigenvalue weighted by Crippen LogP contribution is -2.71.